The highest BCUT2D eigenvalue weighted by molar-refractivity contribution is 5.78. The summed E-state index contributed by atoms with van der Waals surface area (Å²) < 4.78 is 0. The third-order valence-corrected chi connectivity index (χ3v) is 3.96. The molecule has 2 fully saturated rings. The lowest BCUT2D eigenvalue weighted by Crippen LogP contribution is -2.44. The summed E-state index contributed by atoms with van der Waals surface area (Å²) in [6, 6.07) is 0.0521. The van der Waals surface area contributed by atoms with Gasteiger partial charge in [0.25, 0.3) is 0 Å². The van der Waals surface area contributed by atoms with Crippen molar-refractivity contribution in [1.82, 2.24) is 9.80 Å². The van der Waals surface area contributed by atoms with Crippen LogP contribution in [0.5, 0.6) is 0 Å². The largest absolute Gasteiger partial charge is 0.481 e. The third kappa shape index (κ3) is 3.45. The van der Waals surface area contributed by atoms with Crippen LogP contribution in [0.25, 0.3) is 0 Å². The summed E-state index contributed by atoms with van der Waals surface area (Å²) in [7, 11) is 0. The minimum absolute atomic E-state index is 0.0521. The van der Waals surface area contributed by atoms with Gasteiger partial charge in [-0.2, -0.15) is 0 Å². The van der Waals surface area contributed by atoms with Gasteiger partial charge in [0, 0.05) is 19.1 Å². The number of aliphatic carboxylic acids is 1. The number of likely N-dealkylation sites (tertiary alicyclic amines) is 2. The molecule has 5 nitrogen and oxygen atoms in total. The minimum atomic E-state index is -0.766. The van der Waals surface area contributed by atoms with Gasteiger partial charge in [-0.15, -0.1) is 0 Å². The van der Waals surface area contributed by atoms with Crippen molar-refractivity contribution in [3.8, 4) is 0 Å². The molecule has 2 heterocycles. The maximum absolute atomic E-state index is 12.1. The van der Waals surface area contributed by atoms with E-state index in [0.717, 1.165) is 45.3 Å². The van der Waals surface area contributed by atoms with Gasteiger partial charge in [0.1, 0.15) is 0 Å². The summed E-state index contributed by atoms with van der Waals surface area (Å²) in [5.74, 6) is -0.593. The van der Waals surface area contributed by atoms with Crippen LogP contribution in [-0.2, 0) is 9.59 Å². The Balaban J connectivity index is 1.83. The molecule has 102 valence electrons. The Labute approximate surface area is 108 Å². The molecule has 2 aliphatic heterocycles. The number of amides is 1. The zero-order valence-electron chi connectivity index (χ0n) is 10.8. The van der Waals surface area contributed by atoms with Gasteiger partial charge >= 0.3 is 5.97 Å². The number of rotatable bonds is 4. The number of hydrogen-bond acceptors (Lipinski definition) is 3. The summed E-state index contributed by atoms with van der Waals surface area (Å²) in [5, 5.41) is 8.85. The minimum Gasteiger partial charge on any atom is -0.481 e. The van der Waals surface area contributed by atoms with E-state index < -0.39 is 5.97 Å². The van der Waals surface area contributed by atoms with Crippen LogP contribution in [0.1, 0.15) is 38.5 Å². The average Bonchev–Trinajstić information content (AvgIpc) is 2.77. The molecule has 0 radical (unpaired) electrons. The lowest BCUT2D eigenvalue weighted by atomic mass is 10.1. The quantitative estimate of drug-likeness (QED) is 0.811. The maximum Gasteiger partial charge on any atom is 0.304 e. The van der Waals surface area contributed by atoms with E-state index in [-0.39, 0.29) is 18.4 Å². The summed E-state index contributed by atoms with van der Waals surface area (Å²) in [6.45, 7) is 3.00. The van der Waals surface area contributed by atoms with Crippen molar-refractivity contribution in [2.45, 2.75) is 44.6 Å². The Morgan fingerprint density at radius 3 is 2.44 bits per heavy atom. The molecule has 0 bridgehead atoms. The Morgan fingerprint density at radius 1 is 1.06 bits per heavy atom. The lowest BCUT2D eigenvalue weighted by molar-refractivity contribution is -0.139. The van der Waals surface area contributed by atoms with Gasteiger partial charge in [0.05, 0.1) is 13.0 Å². The van der Waals surface area contributed by atoms with E-state index in [2.05, 4.69) is 0 Å². The molecule has 18 heavy (non-hydrogen) atoms. The molecule has 1 unspecified atom stereocenters. The van der Waals surface area contributed by atoms with Crippen LogP contribution in [-0.4, -0.2) is 59.0 Å². The molecule has 2 saturated heterocycles. The van der Waals surface area contributed by atoms with Crippen LogP contribution >= 0.6 is 0 Å². The molecular weight excluding hydrogens is 232 g/mol. The molecule has 0 saturated carbocycles. The van der Waals surface area contributed by atoms with Gasteiger partial charge in [-0.1, -0.05) is 0 Å². The summed E-state index contributed by atoms with van der Waals surface area (Å²) >= 11 is 0. The van der Waals surface area contributed by atoms with E-state index in [4.69, 9.17) is 5.11 Å². The van der Waals surface area contributed by atoms with Crippen molar-refractivity contribution < 1.29 is 14.7 Å². The first-order valence-corrected chi connectivity index (χ1v) is 6.90. The first-order valence-electron chi connectivity index (χ1n) is 6.90. The van der Waals surface area contributed by atoms with Crippen molar-refractivity contribution in [3.05, 3.63) is 0 Å². The molecule has 2 rings (SSSR count). The SMILES string of the molecule is O=C(O)CC1CCCN1CC(=O)N1CCCCC1. The Kier molecular flexibility index (Phi) is 4.58. The van der Waals surface area contributed by atoms with Gasteiger partial charge < -0.3 is 10.0 Å². The van der Waals surface area contributed by atoms with Crippen LogP contribution in [0.15, 0.2) is 0 Å². The molecule has 0 aromatic heterocycles. The Morgan fingerprint density at radius 2 is 1.78 bits per heavy atom. The third-order valence-electron chi connectivity index (χ3n) is 3.96. The number of carboxylic acid groups (broad SMARTS) is 1. The van der Waals surface area contributed by atoms with E-state index in [9.17, 15) is 9.59 Å². The normalized spacial score (nSPS) is 25.3. The van der Waals surface area contributed by atoms with E-state index in [1.54, 1.807) is 0 Å². The number of piperidine rings is 1. The molecule has 1 N–H and O–H groups in total. The summed E-state index contributed by atoms with van der Waals surface area (Å²) in [6.07, 6.45) is 5.49. The van der Waals surface area contributed by atoms with E-state index in [1.807, 2.05) is 9.80 Å². The van der Waals surface area contributed by atoms with Crippen LogP contribution in [0.4, 0.5) is 0 Å². The van der Waals surface area contributed by atoms with Crippen molar-refractivity contribution in [3.63, 3.8) is 0 Å². The molecule has 0 spiro atoms. The molecule has 0 aliphatic carbocycles. The van der Waals surface area contributed by atoms with Crippen LogP contribution in [0, 0.1) is 0 Å². The number of carbonyl (C=O) groups excluding carboxylic acids is 1. The van der Waals surface area contributed by atoms with E-state index >= 15 is 0 Å². The second-order valence-corrected chi connectivity index (χ2v) is 5.31. The second-order valence-electron chi connectivity index (χ2n) is 5.31. The number of carboxylic acids is 1. The van der Waals surface area contributed by atoms with Crippen molar-refractivity contribution in [2.75, 3.05) is 26.2 Å². The number of hydrogen-bond donors (Lipinski definition) is 1. The molecule has 2 aliphatic rings. The highest BCUT2D eigenvalue weighted by Crippen LogP contribution is 2.20. The van der Waals surface area contributed by atoms with Gasteiger partial charge in [0.2, 0.25) is 5.91 Å². The predicted octanol–water partition coefficient (Wildman–Crippen LogP) is 0.938. The zero-order valence-corrected chi connectivity index (χ0v) is 10.8. The van der Waals surface area contributed by atoms with E-state index in [1.165, 1.54) is 6.42 Å². The lowest BCUT2D eigenvalue weighted by Gasteiger charge is -2.30. The highest BCUT2D eigenvalue weighted by atomic mass is 16.4. The molecule has 1 amide bonds. The van der Waals surface area contributed by atoms with Crippen molar-refractivity contribution in [2.24, 2.45) is 0 Å². The smallest absolute Gasteiger partial charge is 0.304 e. The van der Waals surface area contributed by atoms with Crippen LogP contribution in [0.2, 0.25) is 0 Å². The molecule has 0 aromatic rings. The topological polar surface area (TPSA) is 60.9 Å². The van der Waals surface area contributed by atoms with Gasteiger partial charge in [-0.3, -0.25) is 14.5 Å². The molecule has 5 heteroatoms. The number of nitrogens with zero attached hydrogens (tertiary/aromatic N) is 2. The van der Waals surface area contributed by atoms with Crippen molar-refractivity contribution in [1.29, 1.82) is 0 Å². The molecule has 1 atom stereocenters. The average molecular weight is 254 g/mol. The van der Waals surface area contributed by atoms with E-state index in [0.29, 0.717) is 6.54 Å². The number of carbonyl (C=O) groups is 2. The van der Waals surface area contributed by atoms with Gasteiger partial charge in [-0.25, -0.2) is 0 Å². The fourth-order valence-electron chi connectivity index (χ4n) is 2.95. The standard InChI is InChI=1S/C13H22N2O3/c16-12(14-6-2-1-3-7-14)10-15-8-4-5-11(15)9-13(17)18/h11H,1-10H2,(H,17,18). The van der Waals surface area contributed by atoms with Gasteiger partial charge in [-0.05, 0) is 38.6 Å². The fraction of sp³-hybridized carbons (Fsp3) is 0.846. The predicted molar refractivity (Wildman–Crippen MR) is 67.3 cm³/mol. The van der Waals surface area contributed by atoms with Crippen molar-refractivity contribution >= 4 is 11.9 Å². The van der Waals surface area contributed by atoms with Gasteiger partial charge in [0.15, 0.2) is 0 Å². The fourth-order valence-corrected chi connectivity index (χ4v) is 2.95. The first kappa shape index (κ1) is 13.3. The van der Waals surface area contributed by atoms with Crippen LogP contribution in [0.3, 0.4) is 0 Å². The monoisotopic (exact) mass is 254 g/mol. The first-order chi connectivity index (χ1) is 8.66. The maximum atomic E-state index is 12.1. The summed E-state index contributed by atoms with van der Waals surface area (Å²) in [4.78, 5) is 26.9. The highest BCUT2D eigenvalue weighted by Gasteiger charge is 2.29. The van der Waals surface area contributed by atoms with Crippen LogP contribution < -0.4 is 0 Å². The Hall–Kier alpha value is -1.10. The second kappa shape index (κ2) is 6.18. The zero-order chi connectivity index (χ0) is 13.0. The molecule has 0 aromatic carbocycles. The Bertz CT molecular complexity index is 313. The molecular formula is C13H22N2O3. The summed E-state index contributed by atoms with van der Waals surface area (Å²) in [5.41, 5.74) is 0.